The summed E-state index contributed by atoms with van der Waals surface area (Å²) in [5, 5.41) is 21.2. The number of hydrogen-bond donors (Lipinski definition) is 3. The van der Waals surface area contributed by atoms with Crippen LogP contribution in [0.3, 0.4) is 0 Å². The van der Waals surface area contributed by atoms with Gasteiger partial charge in [0.05, 0.1) is 0 Å². The van der Waals surface area contributed by atoms with Crippen molar-refractivity contribution in [2.24, 2.45) is 0 Å². The minimum Gasteiger partial charge on any atom is -0.504 e. The van der Waals surface area contributed by atoms with E-state index >= 15 is 0 Å². The Labute approximate surface area is 120 Å². The summed E-state index contributed by atoms with van der Waals surface area (Å²) in [6, 6.07) is 6.28. The summed E-state index contributed by atoms with van der Waals surface area (Å²) >= 11 is 1.49. The monoisotopic (exact) mass is 297 g/mol. The summed E-state index contributed by atoms with van der Waals surface area (Å²) in [5.41, 5.74) is -1.20. The third-order valence-electron chi connectivity index (χ3n) is 3.03. The molecule has 1 fully saturated rings. The molecule has 0 aromatic heterocycles. The summed E-state index contributed by atoms with van der Waals surface area (Å²) in [6.45, 7) is -0.336. The van der Waals surface area contributed by atoms with Crippen LogP contribution in [0.1, 0.15) is 6.42 Å². The number of phenols is 1. The van der Waals surface area contributed by atoms with Crippen LogP contribution >= 0.6 is 11.8 Å². The second-order valence-electron chi connectivity index (χ2n) is 4.49. The number of nitrogens with one attached hydrogen (secondary N) is 1. The third kappa shape index (κ3) is 3.16. The van der Waals surface area contributed by atoms with Gasteiger partial charge in [0.25, 0.3) is 5.91 Å². The molecule has 1 heterocycles. The van der Waals surface area contributed by atoms with Crippen molar-refractivity contribution < 1.29 is 24.5 Å². The van der Waals surface area contributed by atoms with Gasteiger partial charge in [0.1, 0.15) is 5.54 Å². The molecule has 108 valence electrons. The average Bonchev–Trinajstić information content (AvgIpc) is 2.88. The van der Waals surface area contributed by atoms with Gasteiger partial charge in [-0.1, -0.05) is 12.1 Å². The largest absolute Gasteiger partial charge is 0.504 e. The van der Waals surface area contributed by atoms with Crippen LogP contribution in [0.5, 0.6) is 11.5 Å². The number of thioether (sulfide) groups is 1. The molecule has 0 bridgehead atoms. The molecule has 1 aliphatic rings. The fraction of sp³-hybridized carbons (Fsp3) is 0.385. The Morgan fingerprint density at radius 1 is 1.40 bits per heavy atom. The van der Waals surface area contributed by atoms with Crippen LogP contribution < -0.4 is 10.1 Å². The zero-order valence-electron chi connectivity index (χ0n) is 10.7. The highest BCUT2D eigenvalue weighted by Gasteiger charge is 2.43. The van der Waals surface area contributed by atoms with Gasteiger partial charge in [0.2, 0.25) is 0 Å². The van der Waals surface area contributed by atoms with Gasteiger partial charge >= 0.3 is 5.97 Å². The third-order valence-corrected chi connectivity index (χ3v) is 4.22. The molecular weight excluding hydrogens is 282 g/mol. The first-order valence-electron chi connectivity index (χ1n) is 6.06. The van der Waals surface area contributed by atoms with Crippen molar-refractivity contribution in [3.8, 4) is 11.5 Å². The molecule has 1 unspecified atom stereocenters. The number of para-hydroxylation sites is 2. The number of carbonyl (C=O) groups excluding carboxylic acids is 1. The van der Waals surface area contributed by atoms with Gasteiger partial charge in [0.15, 0.2) is 18.1 Å². The van der Waals surface area contributed by atoms with E-state index in [-0.39, 0.29) is 18.1 Å². The smallest absolute Gasteiger partial charge is 0.330 e. The van der Waals surface area contributed by atoms with Gasteiger partial charge in [-0.3, -0.25) is 4.79 Å². The van der Waals surface area contributed by atoms with Crippen molar-refractivity contribution >= 4 is 23.6 Å². The molecule has 1 aliphatic heterocycles. The van der Waals surface area contributed by atoms with E-state index in [2.05, 4.69) is 5.32 Å². The molecule has 6 nitrogen and oxygen atoms in total. The Morgan fingerprint density at radius 2 is 2.15 bits per heavy atom. The van der Waals surface area contributed by atoms with E-state index in [0.717, 1.165) is 0 Å². The van der Waals surface area contributed by atoms with Crippen LogP contribution in [-0.4, -0.2) is 45.7 Å². The maximum Gasteiger partial charge on any atom is 0.330 e. The van der Waals surface area contributed by atoms with Crippen molar-refractivity contribution in [3.63, 3.8) is 0 Å². The van der Waals surface area contributed by atoms with Crippen LogP contribution in [0.25, 0.3) is 0 Å². The van der Waals surface area contributed by atoms with Gasteiger partial charge in [-0.05, 0) is 24.3 Å². The molecule has 20 heavy (non-hydrogen) atoms. The van der Waals surface area contributed by atoms with Crippen molar-refractivity contribution in [2.75, 3.05) is 18.1 Å². The molecule has 1 atom stereocenters. The fourth-order valence-electron chi connectivity index (χ4n) is 1.91. The predicted molar refractivity (Wildman–Crippen MR) is 74.1 cm³/mol. The molecule has 1 aromatic rings. The average molecular weight is 297 g/mol. The Balaban J connectivity index is 1.92. The van der Waals surface area contributed by atoms with E-state index in [1.807, 2.05) is 0 Å². The number of aromatic hydroxyl groups is 1. The summed E-state index contributed by atoms with van der Waals surface area (Å²) in [7, 11) is 0. The molecule has 0 radical (unpaired) electrons. The zero-order valence-corrected chi connectivity index (χ0v) is 11.5. The molecule has 0 aliphatic carbocycles. The molecule has 0 saturated carbocycles. The highest BCUT2D eigenvalue weighted by molar-refractivity contribution is 7.99. The lowest BCUT2D eigenvalue weighted by atomic mass is 9.99. The van der Waals surface area contributed by atoms with Crippen molar-refractivity contribution in [1.29, 1.82) is 0 Å². The first-order valence-corrected chi connectivity index (χ1v) is 7.22. The SMILES string of the molecule is O=C(COc1ccccc1O)NC1(C(=O)O)CCSC1. The maximum absolute atomic E-state index is 11.8. The second-order valence-corrected chi connectivity index (χ2v) is 5.60. The number of benzene rings is 1. The Bertz CT molecular complexity index is 513. The molecule has 7 heteroatoms. The number of amides is 1. The molecule has 2 rings (SSSR count). The first-order chi connectivity index (χ1) is 9.53. The van der Waals surface area contributed by atoms with Gasteiger partial charge in [-0.25, -0.2) is 4.79 Å². The highest BCUT2D eigenvalue weighted by Crippen LogP contribution is 2.28. The number of carboxylic acids is 1. The predicted octanol–water partition coefficient (Wildman–Crippen LogP) is 0.847. The van der Waals surface area contributed by atoms with Crippen molar-refractivity contribution in [3.05, 3.63) is 24.3 Å². The number of hydrogen-bond acceptors (Lipinski definition) is 5. The number of phenolic OH excluding ortho intramolecular Hbond substituents is 1. The second kappa shape index (κ2) is 6.04. The van der Waals surface area contributed by atoms with E-state index in [0.29, 0.717) is 17.9 Å². The van der Waals surface area contributed by atoms with E-state index in [4.69, 9.17) is 4.74 Å². The highest BCUT2D eigenvalue weighted by atomic mass is 32.2. The molecule has 1 amide bonds. The van der Waals surface area contributed by atoms with E-state index in [1.54, 1.807) is 12.1 Å². The van der Waals surface area contributed by atoms with E-state index in [1.165, 1.54) is 23.9 Å². The van der Waals surface area contributed by atoms with E-state index < -0.39 is 17.4 Å². The lowest BCUT2D eigenvalue weighted by molar-refractivity contribution is -0.146. The Morgan fingerprint density at radius 3 is 2.75 bits per heavy atom. The molecule has 1 saturated heterocycles. The molecular formula is C13H15NO5S. The summed E-state index contributed by atoms with van der Waals surface area (Å²) < 4.78 is 5.17. The minimum atomic E-state index is -1.20. The molecule has 0 spiro atoms. The standard InChI is InChI=1S/C13H15NO5S/c15-9-3-1-2-4-10(9)19-7-11(16)14-13(12(17)18)5-6-20-8-13/h1-4,15H,5-8H2,(H,14,16)(H,17,18). The Hall–Kier alpha value is -1.89. The van der Waals surface area contributed by atoms with Gasteiger partial charge in [-0.2, -0.15) is 11.8 Å². The number of carboxylic acid groups (broad SMARTS) is 1. The topological polar surface area (TPSA) is 95.9 Å². The summed E-state index contributed by atoms with van der Waals surface area (Å²) in [6.07, 6.45) is 0.398. The number of carbonyl (C=O) groups is 2. The van der Waals surface area contributed by atoms with Crippen LogP contribution in [-0.2, 0) is 9.59 Å². The van der Waals surface area contributed by atoms with Crippen LogP contribution in [0.15, 0.2) is 24.3 Å². The van der Waals surface area contributed by atoms with Crippen LogP contribution in [0.4, 0.5) is 0 Å². The summed E-state index contributed by atoms with van der Waals surface area (Å²) in [5.74, 6) is -0.369. The number of aliphatic carboxylic acids is 1. The van der Waals surface area contributed by atoms with Gasteiger partial charge < -0.3 is 20.3 Å². The van der Waals surface area contributed by atoms with E-state index in [9.17, 15) is 19.8 Å². The van der Waals surface area contributed by atoms with Gasteiger partial charge in [0, 0.05) is 5.75 Å². The van der Waals surface area contributed by atoms with Crippen molar-refractivity contribution in [1.82, 2.24) is 5.32 Å². The fourth-order valence-corrected chi connectivity index (χ4v) is 3.24. The van der Waals surface area contributed by atoms with Crippen LogP contribution in [0, 0.1) is 0 Å². The molecule has 3 N–H and O–H groups in total. The Kier molecular flexibility index (Phi) is 4.39. The number of rotatable bonds is 5. The first kappa shape index (κ1) is 14.5. The number of ether oxygens (including phenoxy) is 1. The van der Waals surface area contributed by atoms with Crippen LogP contribution in [0.2, 0.25) is 0 Å². The summed E-state index contributed by atoms with van der Waals surface area (Å²) in [4.78, 5) is 23.1. The minimum absolute atomic E-state index is 0.0651. The quantitative estimate of drug-likeness (QED) is 0.745. The van der Waals surface area contributed by atoms with Crippen molar-refractivity contribution in [2.45, 2.75) is 12.0 Å². The zero-order chi connectivity index (χ0) is 14.6. The normalized spacial score (nSPS) is 21.4. The lowest BCUT2D eigenvalue weighted by Gasteiger charge is -2.24. The molecule has 1 aromatic carbocycles. The lowest BCUT2D eigenvalue weighted by Crippen LogP contribution is -2.55. The maximum atomic E-state index is 11.8. The van der Waals surface area contributed by atoms with Gasteiger partial charge in [-0.15, -0.1) is 0 Å².